The molecule has 4 heterocycles. The van der Waals surface area contributed by atoms with Gasteiger partial charge in [-0.25, -0.2) is 9.97 Å². The number of imide groups is 1. The molecule has 0 spiro atoms. The van der Waals surface area contributed by atoms with Crippen LogP contribution in [0.1, 0.15) is 78.1 Å². The van der Waals surface area contributed by atoms with E-state index < -0.39 is 0 Å². The first kappa shape index (κ1) is 44.9. The molecule has 2 aliphatic heterocycles. The molecule has 326 valence electrons. The summed E-state index contributed by atoms with van der Waals surface area (Å²) in [5.41, 5.74) is 3.09. The second-order valence-corrected chi connectivity index (χ2v) is 17.5. The Morgan fingerprint density at radius 2 is 1.71 bits per heavy atom. The fraction of sp³-hybridized carbons (Fsp3) is 0.391. The number of nitrogens with zero attached hydrogens (tertiary/aromatic N) is 5. The standard InChI is InChI=1S/C46H53ClIN9O5/c1-31(12-17-41(59)52-30-58)53-46(61)37-25-33(13-16-40(37)48)57-23-21-55(22-24-57)18-6-3-7-19-56-20-8-9-32(28-56)54-45-42-38(27-49-44(42)50-29-51-45)43(60)36-15-14-35(26-39(36)47)62-34-10-4-2-5-11-34/h2,4-5,10-11,13-16,25-27,29-32H,3,6-9,12,17-24,28H2,1H3,(H,53,61)(H,52,58,59)(H2,49,50,51,54). The first-order valence-electron chi connectivity index (χ1n) is 21.3. The summed E-state index contributed by atoms with van der Waals surface area (Å²) in [6.45, 7) is 9.68. The fourth-order valence-corrected chi connectivity index (χ4v) is 8.99. The van der Waals surface area contributed by atoms with E-state index in [9.17, 15) is 19.2 Å². The number of aromatic nitrogens is 3. The SMILES string of the molecule is CC(CCC(=O)NC=O)NC(=O)c1cc(N2CCN(CCCCCN3CCCC(Nc4ncnc5[nH]cc(C(=O)c6ccc(Oc7ccccc7)cc6Cl)c45)C3)CC2)ccc1I. The first-order chi connectivity index (χ1) is 30.1. The summed E-state index contributed by atoms with van der Waals surface area (Å²) in [7, 11) is 0. The maximum absolute atomic E-state index is 13.9. The van der Waals surface area contributed by atoms with Crippen LogP contribution in [0, 0.1) is 3.57 Å². The number of piperazine rings is 1. The molecule has 3 aromatic carbocycles. The minimum absolute atomic E-state index is 0.164. The van der Waals surface area contributed by atoms with Gasteiger partial charge < -0.3 is 30.2 Å². The highest BCUT2D eigenvalue weighted by molar-refractivity contribution is 14.1. The van der Waals surface area contributed by atoms with E-state index in [1.54, 1.807) is 24.4 Å². The predicted octanol–water partition coefficient (Wildman–Crippen LogP) is 7.28. The van der Waals surface area contributed by atoms with Crippen molar-refractivity contribution in [1.29, 1.82) is 0 Å². The molecule has 2 aliphatic rings. The Hall–Kier alpha value is -5.10. The van der Waals surface area contributed by atoms with Gasteiger partial charge >= 0.3 is 0 Å². The van der Waals surface area contributed by atoms with E-state index in [1.165, 1.54) is 6.33 Å². The number of aromatic amines is 1. The topological polar surface area (TPSA) is 165 Å². The van der Waals surface area contributed by atoms with Crippen molar-refractivity contribution in [3.05, 3.63) is 105 Å². The quantitative estimate of drug-likeness (QED) is 0.0285. The highest BCUT2D eigenvalue weighted by Gasteiger charge is 2.25. The molecule has 62 heavy (non-hydrogen) atoms. The molecule has 2 aromatic heterocycles. The Kier molecular flexibility index (Phi) is 15.8. The fourth-order valence-electron chi connectivity index (χ4n) is 8.15. The Labute approximate surface area is 380 Å². The van der Waals surface area contributed by atoms with Gasteiger partial charge in [0, 0.05) is 78.3 Å². The third-order valence-electron chi connectivity index (χ3n) is 11.5. The van der Waals surface area contributed by atoms with Gasteiger partial charge in [0.1, 0.15) is 29.3 Å². The lowest BCUT2D eigenvalue weighted by molar-refractivity contribution is -0.125. The molecule has 0 bridgehead atoms. The zero-order chi connectivity index (χ0) is 43.4. The molecule has 0 saturated carbocycles. The summed E-state index contributed by atoms with van der Waals surface area (Å²) in [6, 6.07) is 20.5. The summed E-state index contributed by atoms with van der Waals surface area (Å²) in [6.07, 6.45) is 9.72. The number of unbranched alkanes of at least 4 members (excludes halogenated alkanes) is 2. The van der Waals surface area contributed by atoms with Crippen LogP contribution in [0.4, 0.5) is 11.5 Å². The van der Waals surface area contributed by atoms with Crippen LogP contribution in [0.15, 0.2) is 79.3 Å². The average Bonchev–Trinajstić information content (AvgIpc) is 3.72. The molecule has 3 amide bonds. The number of carbonyl (C=O) groups excluding carboxylic acids is 4. The van der Waals surface area contributed by atoms with E-state index in [4.69, 9.17) is 16.3 Å². The maximum Gasteiger partial charge on any atom is 0.252 e. The number of likely N-dealkylation sites (tertiary alicyclic amines) is 1. The molecule has 2 unspecified atom stereocenters. The monoisotopic (exact) mass is 973 g/mol. The van der Waals surface area contributed by atoms with Gasteiger partial charge in [-0.15, -0.1) is 0 Å². The largest absolute Gasteiger partial charge is 0.457 e. The van der Waals surface area contributed by atoms with Crippen LogP contribution in [0.5, 0.6) is 11.5 Å². The second-order valence-electron chi connectivity index (χ2n) is 16.0. The number of hydrogen-bond acceptors (Lipinski definition) is 11. The van der Waals surface area contributed by atoms with E-state index in [1.807, 2.05) is 49.4 Å². The van der Waals surface area contributed by atoms with Gasteiger partial charge in [0.05, 0.1) is 21.5 Å². The number of nitrogens with one attached hydrogen (secondary N) is 4. The number of ketones is 1. The molecular weight excluding hydrogens is 921 g/mol. The van der Waals surface area contributed by atoms with Gasteiger partial charge in [-0.1, -0.05) is 36.2 Å². The average molecular weight is 974 g/mol. The summed E-state index contributed by atoms with van der Waals surface area (Å²) in [5.74, 6) is 1.13. The molecule has 16 heteroatoms. The number of benzene rings is 3. The van der Waals surface area contributed by atoms with Crippen molar-refractivity contribution in [3.63, 3.8) is 0 Å². The third kappa shape index (κ3) is 11.9. The molecule has 0 radical (unpaired) electrons. The van der Waals surface area contributed by atoms with Gasteiger partial charge in [0.2, 0.25) is 12.3 Å². The highest BCUT2D eigenvalue weighted by Crippen LogP contribution is 2.32. The molecule has 4 N–H and O–H groups in total. The van der Waals surface area contributed by atoms with Crippen LogP contribution in [0.2, 0.25) is 5.02 Å². The summed E-state index contributed by atoms with van der Waals surface area (Å²) >= 11 is 8.84. The lowest BCUT2D eigenvalue weighted by atomic mass is 10.0. The van der Waals surface area contributed by atoms with Crippen molar-refractivity contribution >= 4 is 80.7 Å². The van der Waals surface area contributed by atoms with Crippen molar-refractivity contribution in [2.45, 2.75) is 64.0 Å². The van der Waals surface area contributed by atoms with Crippen LogP contribution in [-0.4, -0.2) is 113 Å². The number of piperidine rings is 1. The Morgan fingerprint density at radius 3 is 2.48 bits per heavy atom. The molecule has 2 fully saturated rings. The van der Waals surface area contributed by atoms with Crippen molar-refractivity contribution in [2.24, 2.45) is 0 Å². The minimum atomic E-state index is -0.357. The molecule has 7 rings (SSSR count). The smallest absolute Gasteiger partial charge is 0.252 e. The number of carbonyl (C=O) groups is 4. The number of para-hydroxylation sites is 1. The Morgan fingerprint density at radius 1 is 0.919 bits per heavy atom. The van der Waals surface area contributed by atoms with E-state index in [-0.39, 0.29) is 36.1 Å². The molecule has 2 atom stereocenters. The first-order valence-corrected chi connectivity index (χ1v) is 22.8. The van der Waals surface area contributed by atoms with Gasteiger partial charge in [0.25, 0.3) is 5.91 Å². The van der Waals surface area contributed by atoms with Gasteiger partial charge in [-0.2, -0.15) is 0 Å². The van der Waals surface area contributed by atoms with Crippen molar-refractivity contribution in [2.75, 3.05) is 62.6 Å². The predicted molar refractivity (Wildman–Crippen MR) is 250 cm³/mol. The lowest BCUT2D eigenvalue weighted by Crippen LogP contribution is -2.46. The van der Waals surface area contributed by atoms with E-state index >= 15 is 0 Å². The van der Waals surface area contributed by atoms with E-state index in [2.05, 4.69) is 74.3 Å². The maximum atomic E-state index is 13.9. The van der Waals surface area contributed by atoms with Crippen LogP contribution in [-0.2, 0) is 9.59 Å². The normalized spacial score (nSPS) is 16.4. The number of amides is 3. The highest BCUT2D eigenvalue weighted by atomic mass is 127. The summed E-state index contributed by atoms with van der Waals surface area (Å²) < 4.78 is 6.79. The van der Waals surface area contributed by atoms with Gasteiger partial charge in [-0.05, 0) is 124 Å². The number of H-pyrrole nitrogens is 1. The van der Waals surface area contributed by atoms with Crippen LogP contribution in [0.3, 0.4) is 0 Å². The Bertz CT molecular complexity index is 2340. The van der Waals surface area contributed by atoms with Crippen molar-refractivity contribution < 1.29 is 23.9 Å². The molecule has 2 saturated heterocycles. The van der Waals surface area contributed by atoms with Crippen LogP contribution >= 0.6 is 34.2 Å². The molecule has 0 aliphatic carbocycles. The number of ether oxygens (including phenoxy) is 1. The zero-order valence-electron chi connectivity index (χ0n) is 34.9. The number of hydrogen-bond donors (Lipinski definition) is 4. The van der Waals surface area contributed by atoms with Crippen molar-refractivity contribution in [3.8, 4) is 11.5 Å². The van der Waals surface area contributed by atoms with Gasteiger partial charge in [0.15, 0.2) is 5.78 Å². The van der Waals surface area contributed by atoms with Crippen molar-refractivity contribution in [1.82, 2.24) is 35.4 Å². The molecular formula is C46H53ClIN9O5. The lowest BCUT2D eigenvalue weighted by Gasteiger charge is -2.36. The number of anilines is 2. The van der Waals surface area contributed by atoms with E-state index in [0.29, 0.717) is 62.9 Å². The van der Waals surface area contributed by atoms with Crippen LogP contribution < -0.4 is 25.6 Å². The minimum Gasteiger partial charge on any atom is -0.457 e. The molecule has 14 nitrogen and oxygen atoms in total. The number of rotatable bonds is 19. The zero-order valence-corrected chi connectivity index (χ0v) is 37.8. The van der Waals surface area contributed by atoms with Gasteiger partial charge in [-0.3, -0.25) is 29.4 Å². The number of fused-ring (bicyclic) bond motifs is 1. The summed E-state index contributed by atoms with van der Waals surface area (Å²) in [4.78, 5) is 68.7. The van der Waals surface area contributed by atoms with Crippen LogP contribution in [0.25, 0.3) is 11.0 Å². The third-order valence-corrected chi connectivity index (χ3v) is 12.8. The van der Waals surface area contributed by atoms with E-state index in [0.717, 1.165) is 93.7 Å². The Balaban J connectivity index is 0.841. The summed E-state index contributed by atoms with van der Waals surface area (Å²) in [5, 5.41) is 9.74. The number of halogens is 2. The second kappa shape index (κ2) is 21.8. The molecule has 5 aromatic rings.